The Labute approximate surface area is 189 Å². The maximum Gasteiger partial charge on any atom is 0.329 e. The number of aromatic amines is 1. The third-order valence-electron chi connectivity index (χ3n) is 6.19. The molecule has 1 aromatic heterocycles. The number of nitrogens with zero attached hydrogens (tertiary/aromatic N) is 1. The second-order valence-corrected chi connectivity index (χ2v) is 7.98. The van der Waals surface area contributed by atoms with Gasteiger partial charge in [-0.25, -0.2) is 4.79 Å². The van der Waals surface area contributed by atoms with Crippen molar-refractivity contribution in [3.63, 3.8) is 0 Å². The molecule has 3 aromatic rings. The predicted octanol–water partition coefficient (Wildman–Crippen LogP) is 2.75. The largest absolute Gasteiger partial charge is 0.496 e. The van der Waals surface area contributed by atoms with Crippen molar-refractivity contribution in [2.24, 2.45) is 0 Å². The molecule has 2 aliphatic rings. The monoisotopic (exact) mass is 445 g/mol. The van der Waals surface area contributed by atoms with Crippen molar-refractivity contribution >= 4 is 17.3 Å². The lowest BCUT2D eigenvalue weighted by atomic mass is 9.81. The summed E-state index contributed by atoms with van der Waals surface area (Å²) in [7, 11) is 3.15. The molecular formula is C25H23N3O5. The van der Waals surface area contributed by atoms with E-state index in [0.717, 1.165) is 5.56 Å². The standard InChI is InChI=1S/C25H23N3O5/c1-32-13-7-12-28-23-20(24(30)27-25(28)31)18(16-10-5-6-11-17(16)33-2)19-21(26-23)14-8-3-4-9-15(14)22(19)29/h3-6,8-11,18,26H,7,12-13H2,1-2H3,(H,27,30,31). The number of allylic oxidation sites excluding steroid dienone is 1. The van der Waals surface area contributed by atoms with Crippen molar-refractivity contribution < 1.29 is 14.3 Å². The first kappa shape index (κ1) is 21.0. The normalized spacial score (nSPS) is 16.2. The summed E-state index contributed by atoms with van der Waals surface area (Å²) in [6.07, 6.45) is 0.581. The van der Waals surface area contributed by atoms with Crippen molar-refractivity contribution in [2.75, 3.05) is 26.1 Å². The van der Waals surface area contributed by atoms with Crippen LogP contribution in [-0.2, 0) is 11.3 Å². The fraction of sp³-hybridized carbons (Fsp3) is 0.240. The van der Waals surface area contributed by atoms with Gasteiger partial charge in [-0.2, -0.15) is 0 Å². The third-order valence-corrected chi connectivity index (χ3v) is 6.19. The van der Waals surface area contributed by atoms with Gasteiger partial charge in [-0.3, -0.25) is 19.1 Å². The van der Waals surface area contributed by atoms with E-state index in [0.29, 0.717) is 59.1 Å². The third kappa shape index (κ3) is 3.22. The van der Waals surface area contributed by atoms with E-state index in [1.54, 1.807) is 26.4 Å². The Bertz CT molecular complexity index is 1420. The van der Waals surface area contributed by atoms with Crippen LogP contribution < -0.4 is 21.3 Å². The van der Waals surface area contributed by atoms with E-state index in [-0.39, 0.29) is 5.78 Å². The number of ketones is 1. The number of hydrogen-bond donors (Lipinski definition) is 2. The highest BCUT2D eigenvalue weighted by Gasteiger charge is 2.43. The highest BCUT2D eigenvalue weighted by Crippen LogP contribution is 2.49. The molecule has 0 spiro atoms. The molecule has 0 radical (unpaired) electrons. The van der Waals surface area contributed by atoms with E-state index in [4.69, 9.17) is 9.47 Å². The number of nitrogens with one attached hydrogen (secondary N) is 2. The average molecular weight is 445 g/mol. The Kier molecular flexibility index (Phi) is 5.22. The van der Waals surface area contributed by atoms with Crippen LogP contribution in [0.3, 0.4) is 0 Å². The smallest absolute Gasteiger partial charge is 0.329 e. The summed E-state index contributed by atoms with van der Waals surface area (Å²) in [5, 5.41) is 3.28. The number of anilines is 1. The number of fused-ring (bicyclic) bond motifs is 3. The van der Waals surface area contributed by atoms with E-state index < -0.39 is 17.2 Å². The molecule has 2 aromatic carbocycles. The number of carbonyl (C=O) groups excluding carboxylic acids is 1. The summed E-state index contributed by atoms with van der Waals surface area (Å²) in [6, 6.07) is 14.6. The minimum atomic E-state index is -0.703. The molecule has 1 unspecified atom stereocenters. The molecule has 0 fully saturated rings. The molecule has 0 amide bonds. The van der Waals surface area contributed by atoms with E-state index >= 15 is 0 Å². The van der Waals surface area contributed by atoms with Crippen LogP contribution >= 0.6 is 0 Å². The Morgan fingerprint density at radius 1 is 0.970 bits per heavy atom. The van der Waals surface area contributed by atoms with Crippen LogP contribution in [0.15, 0.2) is 63.7 Å². The fourth-order valence-corrected chi connectivity index (χ4v) is 4.76. The predicted molar refractivity (Wildman–Crippen MR) is 124 cm³/mol. The summed E-state index contributed by atoms with van der Waals surface area (Å²) < 4.78 is 12.2. The van der Waals surface area contributed by atoms with Crippen LogP contribution in [0.25, 0.3) is 5.70 Å². The molecule has 168 valence electrons. The van der Waals surface area contributed by atoms with E-state index in [1.165, 1.54) is 4.57 Å². The minimum absolute atomic E-state index is 0.147. The molecule has 1 aliphatic carbocycles. The first-order valence-corrected chi connectivity index (χ1v) is 10.7. The van der Waals surface area contributed by atoms with Gasteiger partial charge in [0.15, 0.2) is 5.78 Å². The molecule has 2 heterocycles. The van der Waals surface area contributed by atoms with E-state index in [2.05, 4.69) is 10.3 Å². The summed E-state index contributed by atoms with van der Waals surface area (Å²) >= 11 is 0. The van der Waals surface area contributed by atoms with Crippen LogP contribution in [0.2, 0.25) is 0 Å². The van der Waals surface area contributed by atoms with Gasteiger partial charge >= 0.3 is 5.69 Å². The molecule has 0 saturated heterocycles. The number of Topliss-reactive ketones (excluding diaryl/α,β-unsaturated/α-hetero) is 1. The molecule has 8 nitrogen and oxygen atoms in total. The lowest BCUT2D eigenvalue weighted by Gasteiger charge is -2.30. The number of hydrogen-bond acceptors (Lipinski definition) is 6. The van der Waals surface area contributed by atoms with Gasteiger partial charge < -0.3 is 14.8 Å². The van der Waals surface area contributed by atoms with Gasteiger partial charge in [-0.1, -0.05) is 42.5 Å². The Balaban J connectivity index is 1.81. The SMILES string of the molecule is COCCCn1c2c(c(=O)[nH]c1=O)C(c1ccccc1OC)C1=C(N2)c2ccccc2C1=O. The minimum Gasteiger partial charge on any atom is -0.496 e. The molecule has 2 N–H and O–H groups in total. The summed E-state index contributed by atoms with van der Waals surface area (Å²) in [4.78, 5) is 42.0. The maximum absolute atomic E-state index is 13.6. The van der Waals surface area contributed by atoms with Gasteiger partial charge in [0, 0.05) is 42.5 Å². The quantitative estimate of drug-likeness (QED) is 0.566. The zero-order valence-electron chi connectivity index (χ0n) is 18.3. The zero-order chi connectivity index (χ0) is 23.1. The van der Waals surface area contributed by atoms with Gasteiger partial charge in [-0.15, -0.1) is 0 Å². The van der Waals surface area contributed by atoms with Crippen molar-refractivity contribution in [1.29, 1.82) is 0 Å². The Morgan fingerprint density at radius 2 is 1.70 bits per heavy atom. The second kappa shape index (κ2) is 8.22. The molecule has 33 heavy (non-hydrogen) atoms. The summed E-state index contributed by atoms with van der Waals surface area (Å²) in [6.45, 7) is 0.807. The molecule has 1 atom stereocenters. The van der Waals surface area contributed by atoms with Crippen molar-refractivity contribution in [2.45, 2.75) is 18.9 Å². The number of H-pyrrole nitrogens is 1. The number of carbonyl (C=O) groups is 1. The van der Waals surface area contributed by atoms with Crippen molar-refractivity contribution in [1.82, 2.24) is 9.55 Å². The molecule has 8 heteroatoms. The highest BCUT2D eigenvalue weighted by atomic mass is 16.5. The van der Waals surface area contributed by atoms with Crippen molar-refractivity contribution in [3.8, 4) is 5.75 Å². The number of methoxy groups -OCH3 is 2. The number of para-hydroxylation sites is 1. The van der Waals surface area contributed by atoms with Crippen molar-refractivity contribution in [3.05, 3.63) is 97.2 Å². The van der Waals surface area contributed by atoms with Crippen LogP contribution in [-0.4, -0.2) is 36.2 Å². The molecule has 0 saturated carbocycles. The number of rotatable bonds is 6. The Morgan fingerprint density at radius 3 is 2.45 bits per heavy atom. The van der Waals surface area contributed by atoms with E-state index in [1.807, 2.05) is 36.4 Å². The average Bonchev–Trinajstić information content (AvgIpc) is 3.12. The van der Waals surface area contributed by atoms with Gasteiger partial charge in [0.05, 0.1) is 24.3 Å². The van der Waals surface area contributed by atoms with Crippen LogP contribution in [0.1, 0.15) is 39.4 Å². The zero-order valence-corrected chi connectivity index (χ0v) is 18.3. The van der Waals surface area contributed by atoms with Gasteiger partial charge in [-0.05, 0) is 12.5 Å². The number of ether oxygens (including phenoxy) is 2. The molecule has 0 bridgehead atoms. The Hall–Kier alpha value is -3.91. The topological polar surface area (TPSA) is 102 Å². The summed E-state index contributed by atoms with van der Waals surface area (Å²) in [5.74, 6) is 0.0954. The fourth-order valence-electron chi connectivity index (χ4n) is 4.76. The first-order chi connectivity index (χ1) is 16.1. The maximum atomic E-state index is 13.6. The molecule has 5 rings (SSSR count). The van der Waals surface area contributed by atoms with Crippen LogP contribution in [0.4, 0.5) is 5.82 Å². The van der Waals surface area contributed by atoms with Gasteiger partial charge in [0.1, 0.15) is 11.6 Å². The van der Waals surface area contributed by atoms with Gasteiger partial charge in [0.2, 0.25) is 0 Å². The van der Waals surface area contributed by atoms with Crippen LogP contribution in [0.5, 0.6) is 5.75 Å². The summed E-state index contributed by atoms with van der Waals surface area (Å²) in [5.41, 5.74) is 2.36. The lowest BCUT2D eigenvalue weighted by molar-refractivity contribution is 0.103. The van der Waals surface area contributed by atoms with Crippen LogP contribution in [0, 0.1) is 0 Å². The van der Waals surface area contributed by atoms with Gasteiger partial charge in [0.25, 0.3) is 5.56 Å². The lowest BCUT2D eigenvalue weighted by Crippen LogP contribution is -2.38. The molecule has 1 aliphatic heterocycles. The first-order valence-electron chi connectivity index (χ1n) is 10.7. The highest BCUT2D eigenvalue weighted by molar-refractivity contribution is 6.23. The van der Waals surface area contributed by atoms with E-state index in [9.17, 15) is 14.4 Å². The number of aromatic nitrogens is 2. The number of benzene rings is 2. The molecular weight excluding hydrogens is 422 g/mol. The second-order valence-electron chi connectivity index (χ2n) is 7.98.